The molecule has 15 heavy (non-hydrogen) atoms. The van der Waals surface area contributed by atoms with Crippen LogP contribution in [0.5, 0.6) is 0 Å². The molecule has 4 nitrogen and oxygen atoms in total. The molecule has 0 radical (unpaired) electrons. The van der Waals surface area contributed by atoms with E-state index in [1.807, 2.05) is 17.8 Å². The molecule has 0 saturated carbocycles. The van der Waals surface area contributed by atoms with Crippen molar-refractivity contribution >= 4 is 17.7 Å². The average Bonchev–Trinajstić information content (AvgIpc) is 2.24. The molecule has 0 aliphatic heterocycles. The molecule has 1 unspecified atom stereocenters. The van der Waals surface area contributed by atoms with E-state index in [1.54, 1.807) is 0 Å². The van der Waals surface area contributed by atoms with E-state index in [0.29, 0.717) is 24.8 Å². The van der Waals surface area contributed by atoms with E-state index in [4.69, 9.17) is 5.26 Å². The fourth-order valence-corrected chi connectivity index (χ4v) is 1.30. The van der Waals surface area contributed by atoms with Crippen molar-refractivity contribution in [3.63, 3.8) is 0 Å². The molecule has 2 N–H and O–H groups in total. The molecule has 0 aliphatic carbocycles. The van der Waals surface area contributed by atoms with Crippen molar-refractivity contribution in [2.75, 3.05) is 25.9 Å². The lowest BCUT2D eigenvalue weighted by Crippen LogP contribution is -2.35. The first-order valence-corrected chi connectivity index (χ1v) is 6.36. The normalized spacial score (nSPS) is 11.8. The van der Waals surface area contributed by atoms with Crippen LogP contribution in [0.15, 0.2) is 0 Å². The number of hydrogen-bond donors (Lipinski definition) is 2. The maximum absolute atomic E-state index is 11.1. The number of nitrogens with zero attached hydrogens (tertiary/aromatic N) is 1. The number of carbonyl (C=O) groups excluding carboxylic acids is 1. The number of hydrogen-bond acceptors (Lipinski definition) is 4. The molecule has 0 aromatic carbocycles. The van der Waals surface area contributed by atoms with Gasteiger partial charge in [-0.3, -0.25) is 4.79 Å². The predicted octanol–water partition coefficient (Wildman–Crippen LogP) is 0.747. The molecule has 0 heterocycles. The number of thioether (sulfide) groups is 1. The Labute approximate surface area is 95.8 Å². The molecule has 1 atom stereocenters. The summed E-state index contributed by atoms with van der Waals surface area (Å²) < 4.78 is 0. The van der Waals surface area contributed by atoms with Gasteiger partial charge in [0.25, 0.3) is 0 Å². The molecule has 0 rings (SSSR count). The molecule has 0 fully saturated rings. The highest BCUT2D eigenvalue weighted by atomic mass is 32.2. The maximum atomic E-state index is 11.1. The number of rotatable bonds is 8. The molecule has 5 heteroatoms. The molecular weight excluding hydrogens is 210 g/mol. The van der Waals surface area contributed by atoms with Gasteiger partial charge in [-0.1, -0.05) is 6.92 Å². The van der Waals surface area contributed by atoms with Crippen LogP contribution in [0.4, 0.5) is 0 Å². The average molecular weight is 229 g/mol. The second-order valence-electron chi connectivity index (χ2n) is 3.27. The first-order valence-electron chi connectivity index (χ1n) is 5.08. The molecule has 0 aromatic rings. The minimum Gasteiger partial charge on any atom is -0.354 e. The summed E-state index contributed by atoms with van der Waals surface area (Å²) in [5.74, 6) is -0.0398. The van der Waals surface area contributed by atoms with Gasteiger partial charge in [-0.25, -0.2) is 0 Å². The van der Waals surface area contributed by atoms with Crippen molar-refractivity contribution in [1.29, 1.82) is 5.26 Å². The summed E-state index contributed by atoms with van der Waals surface area (Å²) in [5.41, 5.74) is 0. The van der Waals surface area contributed by atoms with E-state index in [9.17, 15) is 4.79 Å². The molecule has 86 valence electrons. The second-order valence-corrected chi connectivity index (χ2v) is 4.55. The van der Waals surface area contributed by atoms with E-state index < -0.39 is 0 Å². The SMILES string of the molecule is CSC(C)CCNCC(=O)NCCC#N. The summed E-state index contributed by atoms with van der Waals surface area (Å²) in [6.07, 6.45) is 3.52. The summed E-state index contributed by atoms with van der Waals surface area (Å²) in [4.78, 5) is 11.1. The lowest BCUT2D eigenvalue weighted by molar-refractivity contribution is -0.120. The first kappa shape index (κ1) is 14.3. The Balaban J connectivity index is 3.28. The topological polar surface area (TPSA) is 64.9 Å². The van der Waals surface area contributed by atoms with Gasteiger partial charge in [-0.2, -0.15) is 17.0 Å². The van der Waals surface area contributed by atoms with Crippen LogP contribution in [0.25, 0.3) is 0 Å². The maximum Gasteiger partial charge on any atom is 0.233 e. The van der Waals surface area contributed by atoms with Crippen LogP contribution < -0.4 is 10.6 Å². The predicted molar refractivity (Wildman–Crippen MR) is 63.7 cm³/mol. The zero-order chi connectivity index (χ0) is 11.5. The number of amides is 1. The Bertz CT molecular complexity index is 215. The smallest absolute Gasteiger partial charge is 0.233 e. The number of nitrogens with one attached hydrogen (secondary N) is 2. The van der Waals surface area contributed by atoms with Gasteiger partial charge >= 0.3 is 0 Å². The lowest BCUT2D eigenvalue weighted by atomic mass is 10.3. The first-order chi connectivity index (χ1) is 7.20. The standard InChI is InChI=1S/C10H19N3OS/c1-9(15-2)4-7-12-8-10(14)13-6-3-5-11/h9,12H,3-4,6-8H2,1-2H3,(H,13,14). The van der Waals surface area contributed by atoms with Gasteiger partial charge in [0, 0.05) is 11.8 Å². The van der Waals surface area contributed by atoms with Crippen LogP contribution in [-0.2, 0) is 4.79 Å². The van der Waals surface area contributed by atoms with Gasteiger partial charge in [0.1, 0.15) is 0 Å². The molecule has 0 aliphatic rings. The third kappa shape index (κ3) is 9.57. The Morgan fingerprint density at radius 1 is 1.53 bits per heavy atom. The zero-order valence-corrected chi connectivity index (χ0v) is 10.2. The summed E-state index contributed by atoms with van der Waals surface area (Å²) in [6.45, 7) is 3.80. The van der Waals surface area contributed by atoms with Crippen LogP contribution in [0.1, 0.15) is 19.8 Å². The fraction of sp³-hybridized carbons (Fsp3) is 0.800. The van der Waals surface area contributed by atoms with Crippen LogP contribution in [0.2, 0.25) is 0 Å². The minimum atomic E-state index is -0.0398. The Kier molecular flexibility index (Phi) is 9.33. The van der Waals surface area contributed by atoms with E-state index in [0.717, 1.165) is 13.0 Å². The van der Waals surface area contributed by atoms with Crippen LogP contribution in [-0.4, -0.2) is 37.0 Å². The molecule has 0 bridgehead atoms. The van der Waals surface area contributed by atoms with E-state index >= 15 is 0 Å². The van der Waals surface area contributed by atoms with Crippen molar-refractivity contribution < 1.29 is 4.79 Å². The van der Waals surface area contributed by atoms with E-state index in [2.05, 4.69) is 23.8 Å². The van der Waals surface area contributed by atoms with Gasteiger partial charge in [-0.05, 0) is 19.2 Å². The highest BCUT2D eigenvalue weighted by Gasteiger charge is 2.01. The van der Waals surface area contributed by atoms with Crippen LogP contribution >= 0.6 is 11.8 Å². The highest BCUT2D eigenvalue weighted by Crippen LogP contribution is 2.07. The molecule has 0 saturated heterocycles. The minimum absolute atomic E-state index is 0.0398. The Morgan fingerprint density at radius 2 is 2.27 bits per heavy atom. The third-order valence-corrected chi connectivity index (χ3v) is 3.01. The van der Waals surface area contributed by atoms with Gasteiger partial charge in [0.05, 0.1) is 19.0 Å². The van der Waals surface area contributed by atoms with Crippen molar-refractivity contribution in [2.45, 2.75) is 25.0 Å². The zero-order valence-electron chi connectivity index (χ0n) is 9.38. The number of nitriles is 1. The fourth-order valence-electron chi connectivity index (χ4n) is 0.945. The van der Waals surface area contributed by atoms with Crippen molar-refractivity contribution in [1.82, 2.24) is 10.6 Å². The van der Waals surface area contributed by atoms with Gasteiger partial charge in [-0.15, -0.1) is 0 Å². The summed E-state index contributed by atoms with van der Waals surface area (Å²) >= 11 is 1.82. The van der Waals surface area contributed by atoms with E-state index in [1.165, 1.54) is 0 Å². The van der Waals surface area contributed by atoms with Gasteiger partial charge < -0.3 is 10.6 Å². The molecule has 0 aromatic heterocycles. The van der Waals surface area contributed by atoms with Gasteiger partial charge in [0.15, 0.2) is 0 Å². The van der Waals surface area contributed by atoms with Gasteiger partial charge in [0.2, 0.25) is 5.91 Å². The quantitative estimate of drug-likeness (QED) is 0.603. The van der Waals surface area contributed by atoms with Crippen molar-refractivity contribution in [3.05, 3.63) is 0 Å². The Morgan fingerprint density at radius 3 is 2.87 bits per heavy atom. The van der Waals surface area contributed by atoms with Crippen LogP contribution in [0, 0.1) is 11.3 Å². The number of carbonyl (C=O) groups is 1. The largest absolute Gasteiger partial charge is 0.354 e. The van der Waals surface area contributed by atoms with E-state index in [-0.39, 0.29) is 5.91 Å². The second kappa shape index (κ2) is 9.81. The summed E-state index contributed by atoms with van der Waals surface area (Å²) in [5, 5.41) is 14.6. The summed E-state index contributed by atoms with van der Waals surface area (Å²) in [7, 11) is 0. The third-order valence-electron chi connectivity index (χ3n) is 1.97. The lowest BCUT2D eigenvalue weighted by Gasteiger charge is -2.08. The molecule has 1 amide bonds. The Hall–Kier alpha value is -0.730. The molecular formula is C10H19N3OS. The highest BCUT2D eigenvalue weighted by molar-refractivity contribution is 7.99. The van der Waals surface area contributed by atoms with Crippen LogP contribution in [0.3, 0.4) is 0 Å². The van der Waals surface area contributed by atoms with Crippen molar-refractivity contribution in [2.24, 2.45) is 0 Å². The monoisotopic (exact) mass is 229 g/mol. The molecule has 0 spiro atoms. The van der Waals surface area contributed by atoms with Crippen molar-refractivity contribution in [3.8, 4) is 6.07 Å². The summed E-state index contributed by atoms with van der Waals surface area (Å²) in [6, 6.07) is 1.97.